The molecule has 1 aromatic heterocycles. The van der Waals surface area contributed by atoms with Crippen molar-refractivity contribution >= 4 is 10.9 Å². The van der Waals surface area contributed by atoms with E-state index in [1.54, 1.807) is 4.57 Å². The number of rotatable bonds is 5. The van der Waals surface area contributed by atoms with E-state index in [1.807, 2.05) is 60.8 Å². The number of nitrogens with zero attached hydrogens (tertiary/aromatic N) is 2. The van der Waals surface area contributed by atoms with E-state index in [4.69, 9.17) is 4.74 Å². The van der Waals surface area contributed by atoms with Crippen LogP contribution in [0.15, 0.2) is 66.0 Å². The van der Waals surface area contributed by atoms with Crippen molar-refractivity contribution in [3.05, 3.63) is 76.8 Å². The monoisotopic (exact) mass is 382 g/mol. The molecule has 0 bridgehead atoms. The molecule has 3 aromatic rings. The average Bonchev–Trinajstić information content (AvgIpc) is 3.08. The standard InChI is InChI=1S/C21H22N2O5/c24-18-17(11-22-27)28-21(20(26)19(18)25)23-12-14(10-13-6-2-1-3-7-13)15-8-4-5-9-16(15)23/h1-9,12,17-21,24-26H,10-11H2/t17-,18-,19+,20-,21-/m1/s1. The van der Waals surface area contributed by atoms with Crippen LogP contribution in [0.4, 0.5) is 0 Å². The molecule has 2 aromatic carbocycles. The highest BCUT2D eigenvalue weighted by atomic mass is 16.5. The molecule has 7 nitrogen and oxygen atoms in total. The van der Waals surface area contributed by atoms with Gasteiger partial charge in [-0.3, -0.25) is 0 Å². The number of fused-ring (bicyclic) bond motifs is 1. The Morgan fingerprint density at radius 3 is 2.39 bits per heavy atom. The van der Waals surface area contributed by atoms with Crippen LogP contribution in [0.1, 0.15) is 17.4 Å². The van der Waals surface area contributed by atoms with E-state index >= 15 is 0 Å². The third-order valence-corrected chi connectivity index (χ3v) is 5.28. The number of ether oxygens (including phenoxy) is 1. The van der Waals surface area contributed by atoms with Crippen molar-refractivity contribution in [2.75, 3.05) is 6.54 Å². The van der Waals surface area contributed by atoms with Crippen LogP contribution in [0.25, 0.3) is 10.9 Å². The Morgan fingerprint density at radius 2 is 1.64 bits per heavy atom. The molecule has 4 rings (SSSR count). The molecule has 146 valence electrons. The molecule has 2 heterocycles. The molecular weight excluding hydrogens is 360 g/mol. The van der Waals surface area contributed by atoms with Gasteiger partial charge in [-0.15, -0.1) is 0 Å². The first-order valence-corrected chi connectivity index (χ1v) is 9.21. The van der Waals surface area contributed by atoms with Gasteiger partial charge >= 0.3 is 0 Å². The second-order valence-electron chi connectivity index (χ2n) is 7.09. The fraction of sp³-hybridized carbons (Fsp3) is 0.333. The van der Waals surface area contributed by atoms with Gasteiger partial charge < -0.3 is 24.6 Å². The van der Waals surface area contributed by atoms with Crippen molar-refractivity contribution in [1.29, 1.82) is 0 Å². The molecule has 1 aliphatic heterocycles. The van der Waals surface area contributed by atoms with Crippen LogP contribution in [0.5, 0.6) is 0 Å². The fourth-order valence-corrected chi connectivity index (χ4v) is 3.83. The predicted octanol–water partition coefficient (Wildman–Crippen LogP) is 1.98. The van der Waals surface area contributed by atoms with Crippen LogP contribution in [0.2, 0.25) is 0 Å². The zero-order valence-electron chi connectivity index (χ0n) is 15.1. The summed E-state index contributed by atoms with van der Waals surface area (Å²) in [6.45, 7) is -0.308. The van der Waals surface area contributed by atoms with Crippen molar-refractivity contribution < 1.29 is 20.1 Å². The van der Waals surface area contributed by atoms with E-state index in [0.717, 1.165) is 22.0 Å². The molecule has 0 spiro atoms. The smallest absolute Gasteiger partial charge is 0.163 e. The van der Waals surface area contributed by atoms with Gasteiger partial charge in [0.25, 0.3) is 0 Å². The summed E-state index contributed by atoms with van der Waals surface area (Å²) >= 11 is 0. The molecule has 7 heteroatoms. The maximum Gasteiger partial charge on any atom is 0.163 e. The lowest BCUT2D eigenvalue weighted by atomic mass is 9.98. The Labute approximate surface area is 161 Å². The van der Waals surface area contributed by atoms with Gasteiger partial charge in [0, 0.05) is 11.6 Å². The molecule has 0 saturated carbocycles. The molecule has 1 fully saturated rings. The van der Waals surface area contributed by atoms with Gasteiger partial charge in [0.05, 0.1) is 5.52 Å². The van der Waals surface area contributed by atoms with Gasteiger partial charge in [-0.2, -0.15) is 4.91 Å². The van der Waals surface area contributed by atoms with Crippen LogP contribution < -0.4 is 0 Å². The third kappa shape index (κ3) is 3.33. The molecule has 1 aliphatic rings. The summed E-state index contributed by atoms with van der Waals surface area (Å²) in [5.41, 5.74) is 3.02. The van der Waals surface area contributed by atoms with Crippen molar-refractivity contribution in [3.8, 4) is 0 Å². The van der Waals surface area contributed by atoms with Crippen molar-refractivity contribution in [3.63, 3.8) is 0 Å². The predicted molar refractivity (Wildman–Crippen MR) is 104 cm³/mol. The van der Waals surface area contributed by atoms with Gasteiger partial charge in [0.1, 0.15) is 31.0 Å². The summed E-state index contributed by atoms with van der Waals surface area (Å²) in [5.74, 6) is 0. The van der Waals surface area contributed by atoms with Crippen LogP contribution in [-0.4, -0.2) is 50.8 Å². The molecular formula is C21H22N2O5. The lowest BCUT2D eigenvalue weighted by Crippen LogP contribution is -2.56. The normalized spacial score (nSPS) is 27.8. The average molecular weight is 382 g/mol. The summed E-state index contributed by atoms with van der Waals surface area (Å²) in [6, 6.07) is 17.8. The summed E-state index contributed by atoms with van der Waals surface area (Å²) in [5, 5.41) is 34.7. The highest BCUT2D eigenvalue weighted by Crippen LogP contribution is 2.34. The fourth-order valence-electron chi connectivity index (χ4n) is 3.83. The first kappa shape index (κ1) is 18.8. The zero-order valence-corrected chi connectivity index (χ0v) is 15.1. The lowest BCUT2D eigenvalue weighted by Gasteiger charge is -2.40. The second kappa shape index (κ2) is 7.81. The van der Waals surface area contributed by atoms with Gasteiger partial charge in [-0.05, 0) is 23.6 Å². The van der Waals surface area contributed by atoms with Crippen LogP contribution >= 0.6 is 0 Å². The Hall–Kier alpha value is -2.58. The Morgan fingerprint density at radius 1 is 0.929 bits per heavy atom. The van der Waals surface area contributed by atoms with Gasteiger partial charge in [-0.1, -0.05) is 53.7 Å². The number of nitroso groups, excluding NO2 is 1. The number of hydrogen-bond donors (Lipinski definition) is 3. The van der Waals surface area contributed by atoms with E-state index in [2.05, 4.69) is 5.18 Å². The number of aliphatic hydroxyl groups is 3. The highest BCUT2D eigenvalue weighted by Gasteiger charge is 2.44. The largest absolute Gasteiger partial charge is 0.388 e. The summed E-state index contributed by atoms with van der Waals surface area (Å²) in [7, 11) is 0. The minimum Gasteiger partial charge on any atom is -0.388 e. The first-order valence-electron chi connectivity index (χ1n) is 9.21. The SMILES string of the molecule is O=NC[C@H]1O[C@@H](n2cc(Cc3ccccc3)c3ccccc32)[C@H](O)[C@@H](O)[C@@H]1O. The molecule has 0 unspecified atom stereocenters. The van der Waals surface area contributed by atoms with E-state index in [9.17, 15) is 20.2 Å². The Bertz CT molecular complexity index is 958. The molecule has 28 heavy (non-hydrogen) atoms. The van der Waals surface area contributed by atoms with Crippen LogP contribution in [0, 0.1) is 4.91 Å². The lowest BCUT2D eigenvalue weighted by molar-refractivity contribution is -0.240. The molecule has 5 atom stereocenters. The van der Waals surface area contributed by atoms with Crippen molar-refractivity contribution in [2.24, 2.45) is 5.18 Å². The van der Waals surface area contributed by atoms with E-state index in [0.29, 0.717) is 6.42 Å². The third-order valence-electron chi connectivity index (χ3n) is 5.28. The Balaban J connectivity index is 1.75. The maximum absolute atomic E-state index is 10.7. The van der Waals surface area contributed by atoms with Crippen molar-refractivity contribution in [2.45, 2.75) is 37.1 Å². The highest BCUT2D eigenvalue weighted by molar-refractivity contribution is 5.84. The number of aromatic nitrogens is 1. The van der Waals surface area contributed by atoms with Gasteiger partial charge in [0.2, 0.25) is 0 Å². The minimum atomic E-state index is -1.44. The summed E-state index contributed by atoms with van der Waals surface area (Å²) in [4.78, 5) is 10.7. The maximum atomic E-state index is 10.7. The molecule has 0 amide bonds. The van der Waals surface area contributed by atoms with Gasteiger partial charge in [0.15, 0.2) is 6.23 Å². The molecule has 0 radical (unpaired) electrons. The molecule has 1 saturated heterocycles. The molecule has 3 N–H and O–H groups in total. The number of aliphatic hydroxyl groups excluding tert-OH is 3. The number of benzene rings is 2. The number of hydrogen-bond acceptors (Lipinski definition) is 6. The van der Waals surface area contributed by atoms with Crippen LogP contribution in [-0.2, 0) is 11.2 Å². The molecule has 0 aliphatic carbocycles. The quantitative estimate of drug-likeness (QED) is 0.586. The second-order valence-corrected chi connectivity index (χ2v) is 7.09. The van der Waals surface area contributed by atoms with E-state index in [1.165, 1.54) is 0 Å². The van der Waals surface area contributed by atoms with Crippen molar-refractivity contribution in [1.82, 2.24) is 4.57 Å². The van der Waals surface area contributed by atoms with E-state index in [-0.39, 0.29) is 6.54 Å². The van der Waals surface area contributed by atoms with E-state index < -0.39 is 30.6 Å². The zero-order chi connectivity index (χ0) is 19.7. The van der Waals surface area contributed by atoms with Gasteiger partial charge in [-0.25, -0.2) is 0 Å². The topological polar surface area (TPSA) is 104 Å². The number of para-hydroxylation sites is 1. The first-order chi connectivity index (χ1) is 13.6. The summed E-state index contributed by atoms with van der Waals surface area (Å²) in [6.07, 6.45) is -3.51. The van der Waals surface area contributed by atoms with Crippen LogP contribution in [0.3, 0.4) is 0 Å². The summed E-state index contributed by atoms with van der Waals surface area (Å²) < 4.78 is 7.54. The minimum absolute atomic E-state index is 0.308. The Kier molecular flexibility index (Phi) is 5.23.